The highest BCUT2D eigenvalue weighted by molar-refractivity contribution is 5.08. The van der Waals surface area contributed by atoms with Gasteiger partial charge in [-0.3, -0.25) is 0 Å². The van der Waals surface area contributed by atoms with Gasteiger partial charge in [0.25, 0.3) is 0 Å². The summed E-state index contributed by atoms with van der Waals surface area (Å²) in [6, 6.07) is 0.901. The summed E-state index contributed by atoms with van der Waals surface area (Å²) < 4.78 is 7.63. The van der Waals surface area contributed by atoms with Crippen molar-refractivity contribution in [1.82, 2.24) is 14.9 Å². The normalized spacial score (nSPS) is 21.9. The van der Waals surface area contributed by atoms with E-state index in [4.69, 9.17) is 4.74 Å². The van der Waals surface area contributed by atoms with Gasteiger partial charge in [0.15, 0.2) is 0 Å². The predicted molar refractivity (Wildman–Crippen MR) is 68.0 cm³/mol. The number of nitrogens with zero attached hydrogens (tertiary/aromatic N) is 2. The molecule has 4 nitrogen and oxygen atoms in total. The number of hydrogen-bond donors (Lipinski definition) is 1. The van der Waals surface area contributed by atoms with Gasteiger partial charge in [-0.1, -0.05) is 13.3 Å². The number of hydrogen-bond acceptors (Lipinski definition) is 3. The molecule has 1 unspecified atom stereocenters. The molecule has 0 radical (unpaired) electrons. The van der Waals surface area contributed by atoms with E-state index in [1.807, 2.05) is 12.5 Å². The van der Waals surface area contributed by atoms with Crippen LogP contribution in [0.4, 0.5) is 0 Å². The number of rotatable bonds is 6. The minimum Gasteiger partial charge on any atom is -0.383 e. The summed E-state index contributed by atoms with van der Waals surface area (Å²) in [6.07, 6.45) is 8.75. The smallest absolute Gasteiger partial charge is 0.0952 e. The lowest BCUT2D eigenvalue weighted by atomic mass is 10.1. The summed E-state index contributed by atoms with van der Waals surface area (Å²) >= 11 is 0. The quantitative estimate of drug-likeness (QED) is 0.825. The number of ether oxygens (including phenoxy) is 1. The minimum atomic E-state index is 0.421. The summed E-state index contributed by atoms with van der Waals surface area (Å²) in [5, 5.41) is 3.54. The van der Waals surface area contributed by atoms with Crippen molar-refractivity contribution in [3.05, 3.63) is 18.2 Å². The Morgan fingerprint density at radius 3 is 3.18 bits per heavy atom. The summed E-state index contributed by atoms with van der Waals surface area (Å²) in [5.74, 6) is 0. The summed E-state index contributed by atoms with van der Waals surface area (Å²) in [7, 11) is 1.77. The van der Waals surface area contributed by atoms with E-state index in [-0.39, 0.29) is 0 Å². The second-order valence-corrected chi connectivity index (χ2v) is 4.77. The molecule has 1 aromatic heterocycles. The zero-order chi connectivity index (χ0) is 12.1. The molecule has 0 aromatic carbocycles. The highest BCUT2D eigenvalue weighted by atomic mass is 16.5. The first-order chi connectivity index (χ1) is 8.36. The van der Waals surface area contributed by atoms with Crippen LogP contribution in [0.1, 0.15) is 50.4 Å². The van der Waals surface area contributed by atoms with E-state index in [0.29, 0.717) is 12.1 Å². The van der Waals surface area contributed by atoms with Gasteiger partial charge in [0, 0.05) is 19.3 Å². The second-order valence-electron chi connectivity index (χ2n) is 4.77. The molecule has 1 saturated heterocycles. The summed E-state index contributed by atoms with van der Waals surface area (Å²) in [4.78, 5) is 4.32. The van der Waals surface area contributed by atoms with Crippen LogP contribution < -0.4 is 5.32 Å². The molecular weight excluding hydrogens is 214 g/mol. The molecule has 2 heterocycles. The molecule has 1 N–H and O–H groups in total. The van der Waals surface area contributed by atoms with Crippen LogP contribution in [0.25, 0.3) is 0 Å². The highest BCUT2D eigenvalue weighted by Gasteiger charge is 2.22. The Morgan fingerprint density at radius 2 is 2.53 bits per heavy atom. The van der Waals surface area contributed by atoms with Crippen LogP contribution in [0.15, 0.2) is 12.5 Å². The molecule has 17 heavy (non-hydrogen) atoms. The standard InChI is InChI=1S/C13H23N3O/c1-3-5-11(9-17-2)16-10-14-8-13(16)12-6-4-7-15-12/h8,10-12,15H,3-7,9H2,1-2H3/t11?,12-/m0/s1. The van der Waals surface area contributed by atoms with Crippen LogP contribution in [0.5, 0.6) is 0 Å². The Hall–Kier alpha value is -0.870. The molecule has 0 saturated carbocycles. The zero-order valence-electron chi connectivity index (χ0n) is 10.9. The average Bonchev–Trinajstić information content (AvgIpc) is 2.99. The van der Waals surface area contributed by atoms with E-state index in [2.05, 4.69) is 21.8 Å². The molecule has 0 bridgehead atoms. The number of aromatic nitrogens is 2. The van der Waals surface area contributed by atoms with Crippen LogP contribution in [-0.4, -0.2) is 29.8 Å². The van der Waals surface area contributed by atoms with Gasteiger partial charge in [-0.05, 0) is 25.8 Å². The molecule has 4 heteroatoms. The van der Waals surface area contributed by atoms with Gasteiger partial charge in [-0.2, -0.15) is 0 Å². The molecular formula is C13H23N3O. The fourth-order valence-electron chi connectivity index (χ4n) is 2.66. The largest absolute Gasteiger partial charge is 0.383 e. The molecule has 0 aliphatic carbocycles. The van der Waals surface area contributed by atoms with Crippen LogP contribution in [0.2, 0.25) is 0 Å². The van der Waals surface area contributed by atoms with E-state index < -0.39 is 0 Å². The molecule has 2 atom stereocenters. The third-order valence-electron chi connectivity index (χ3n) is 3.49. The van der Waals surface area contributed by atoms with Crippen molar-refractivity contribution in [1.29, 1.82) is 0 Å². The van der Waals surface area contributed by atoms with E-state index in [0.717, 1.165) is 19.6 Å². The molecule has 1 fully saturated rings. The molecule has 2 rings (SSSR count). The first kappa shape index (κ1) is 12.6. The summed E-state index contributed by atoms with van der Waals surface area (Å²) in [5.41, 5.74) is 1.32. The van der Waals surface area contributed by atoms with Crippen molar-refractivity contribution < 1.29 is 4.74 Å². The monoisotopic (exact) mass is 237 g/mol. The Bertz CT molecular complexity index is 325. The van der Waals surface area contributed by atoms with Crippen LogP contribution in [0.3, 0.4) is 0 Å². The van der Waals surface area contributed by atoms with Crippen molar-refractivity contribution in [3.8, 4) is 0 Å². The topological polar surface area (TPSA) is 39.1 Å². The second kappa shape index (κ2) is 6.17. The van der Waals surface area contributed by atoms with Gasteiger partial charge < -0.3 is 14.6 Å². The number of imidazole rings is 1. The SMILES string of the molecule is CCCC(COC)n1cncc1[C@@H]1CCCN1. The van der Waals surface area contributed by atoms with Crippen LogP contribution in [0, 0.1) is 0 Å². The highest BCUT2D eigenvalue weighted by Crippen LogP contribution is 2.26. The van der Waals surface area contributed by atoms with E-state index in [1.54, 1.807) is 7.11 Å². The molecule has 1 aliphatic rings. The lowest BCUT2D eigenvalue weighted by Crippen LogP contribution is -2.21. The molecule has 0 amide bonds. The minimum absolute atomic E-state index is 0.421. The first-order valence-corrected chi connectivity index (χ1v) is 6.60. The Morgan fingerprint density at radius 1 is 1.65 bits per heavy atom. The van der Waals surface area contributed by atoms with E-state index >= 15 is 0 Å². The summed E-state index contributed by atoms with van der Waals surface area (Å²) in [6.45, 7) is 4.11. The van der Waals surface area contributed by atoms with Crippen molar-refractivity contribution in [2.75, 3.05) is 20.3 Å². The molecule has 0 spiro atoms. The average molecular weight is 237 g/mol. The van der Waals surface area contributed by atoms with Crippen LogP contribution in [-0.2, 0) is 4.74 Å². The Balaban J connectivity index is 2.14. The third-order valence-corrected chi connectivity index (χ3v) is 3.49. The fraction of sp³-hybridized carbons (Fsp3) is 0.769. The van der Waals surface area contributed by atoms with Gasteiger partial charge in [0.05, 0.1) is 24.7 Å². The van der Waals surface area contributed by atoms with Crippen LogP contribution >= 0.6 is 0 Å². The van der Waals surface area contributed by atoms with Gasteiger partial charge in [0.1, 0.15) is 0 Å². The predicted octanol–water partition coefficient (Wildman–Crippen LogP) is 2.30. The van der Waals surface area contributed by atoms with Gasteiger partial charge >= 0.3 is 0 Å². The number of nitrogens with one attached hydrogen (secondary N) is 1. The lowest BCUT2D eigenvalue weighted by molar-refractivity contribution is 0.148. The van der Waals surface area contributed by atoms with Crippen molar-refractivity contribution in [2.45, 2.75) is 44.7 Å². The van der Waals surface area contributed by atoms with E-state index in [9.17, 15) is 0 Å². The molecule has 1 aromatic rings. The molecule has 96 valence electrons. The number of methoxy groups -OCH3 is 1. The van der Waals surface area contributed by atoms with Crippen molar-refractivity contribution in [3.63, 3.8) is 0 Å². The Kier molecular flexibility index (Phi) is 4.57. The van der Waals surface area contributed by atoms with Gasteiger partial charge in [0.2, 0.25) is 0 Å². The van der Waals surface area contributed by atoms with Gasteiger partial charge in [-0.25, -0.2) is 4.98 Å². The zero-order valence-corrected chi connectivity index (χ0v) is 10.9. The lowest BCUT2D eigenvalue weighted by Gasteiger charge is -2.22. The Labute approximate surface area is 103 Å². The first-order valence-electron chi connectivity index (χ1n) is 6.60. The maximum Gasteiger partial charge on any atom is 0.0952 e. The third kappa shape index (κ3) is 2.87. The van der Waals surface area contributed by atoms with E-state index in [1.165, 1.54) is 25.0 Å². The maximum atomic E-state index is 5.33. The molecule has 1 aliphatic heterocycles. The maximum absolute atomic E-state index is 5.33. The van der Waals surface area contributed by atoms with Crippen molar-refractivity contribution in [2.24, 2.45) is 0 Å². The van der Waals surface area contributed by atoms with Gasteiger partial charge in [-0.15, -0.1) is 0 Å². The van der Waals surface area contributed by atoms with Crippen molar-refractivity contribution >= 4 is 0 Å². The fourth-order valence-corrected chi connectivity index (χ4v) is 2.66.